The van der Waals surface area contributed by atoms with Gasteiger partial charge in [0.05, 0.1) is 35.8 Å². The van der Waals surface area contributed by atoms with Crippen LogP contribution in [0.4, 0.5) is 0 Å². The standard InChI is InChI=1S/C31H48N2O5S/c1-20(2)21(18-34)33-24-26(36)32(29(6,7)19-28(3,4)5)16-13-15-31(24)22(25(33)35)23-27(37)38-17-12-10-9-11-14-30(23,8)39-31/h11,13-15,20-24,34H,9-10,12,16-19H2,1-8H3/b14-11-/t21-,22-,23-,24?,30+,31-/m0/s1. The summed E-state index contributed by atoms with van der Waals surface area (Å²) in [5.41, 5.74) is -0.475. The molecule has 1 spiro atoms. The van der Waals surface area contributed by atoms with Gasteiger partial charge in [-0.2, -0.15) is 0 Å². The second-order valence-corrected chi connectivity index (χ2v) is 16.0. The quantitative estimate of drug-likeness (QED) is 0.391. The van der Waals surface area contributed by atoms with Gasteiger partial charge in [0.15, 0.2) is 0 Å². The molecule has 0 aromatic heterocycles. The molecule has 0 aromatic carbocycles. The fraction of sp³-hybridized carbons (Fsp3) is 0.774. The van der Waals surface area contributed by atoms with Gasteiger partial charge in [-0.1, -0.05) is 58.9 Å². The van der Waals surface area contributed by atoms with Crippen molar-refractivity contribution in [3.8, 4) is 0 Å². The molecule has 0 radical (unpaired) electrons. The van der Waals surface area contributed by atoms with Crippen LogP contribution >= 0.6 is 11.8 Å². The van der Waals surface area contributed by atoms with Crippen LogP contribution in [0.25, 0.3) is 0 Å². The van der Waals surface area contributed by atoms with Gasteiger partial charge in [0, 0.05) is 16.8 Å². The lowest BCUT2D eigenvalue weighted by Gasteiger charge is -2.46. The lowest BCUT2D eigenvalue weighted by molar-refractivity contribution is -0.155. The zero-order valence-electron chi connectivity index (χ0n) is 25.0. The molecule has 218 valence electrons. The zero-order chi connectivity index (χ0) is 29.0. The Morgan fingerprint density at radius 3 is 2.36 bits per heavy atom. The van der Waals surface area contributed by atoms with Crippen LogP contribution in [-0.4, -0.2) is 79.6 Å². The number of hydrogen-bond donors (Lipinski definition) is 1. The van der Waals surface area contributed by atoms with E-state index in [0.717, 1.165) is 25.7 Å². The molecule has 6 atom stereocenters. The van der Waals surface area contributed by atoms with E-state index in [-0.39, 0.29) is 35.7 Å². The highest BCUT2D eigenvalue weighted by molar-refractivity contribution is 8.02. The van der Waals surface area contributed by atoms with E-state index in [1.54, 1.807) is 16.7 Å². The molecule has 8 heteroatoms. The summed E-state index contributed by atoms with van der Waals surface area (Å²) in [6.07, 6.45) is 11.6. The van der Waals surface area contributed by atoms with Crippen molar-refractivity contribution >= 4 is 29.5 Å². The number of esters is 1. The molecule has 1 unspecified atom stereocenters. The normalized spacial score (nSPS) is 35.3. The monoisotopic (exact) mass is 560 g/mol. The van der Waals surface area contributed by atoms with E-state index in [0.29, 0.717) is 13.2 Å². The Labute approximate surface area is 238 Å². The van der Waals surface area contributed by atoms with E-state index < -0.39 is 39.0 Å². The second kappa shape index (κ2) is 10.6. The number of carbonyl (C=O) groups is 3. The van der Waals surface area contributed by atoms with Crippen LogP contribution in [0.5, 0.6) is 0 Å². The average Bonchev–Trinajstić information content (AvgIpc) is 3.12. The first-order valence-electron chi connectivity index (χ1n) is 14.6. The Balaban J connectivity index is 1.90. The van der Waals surface area contributed by atoms with Crippen molar-refractivity contribution < 1.29 is 24.2 Å². The van der Waals surface area contributed by atoms with E-state index in [2.05, 4.69) is 46.8 Å². The van der Waals surface area contributed by atoms with Crippen molar-refractivity contribution in [1.29, 1.82) is 0 Å². The number of aliphatic hydroxyl groups is 1. The molecule has 0 aromatic rings. The highest BCUT2D eigenvalue weighted by atomic mass is 32.2. The van der Waals surface area contributed by atoms with E-state index in [9.17, 15) is 19.5 Å². The molecule has 4 aliphatic rings. The third-order valence-electron chi connectivity index (χ3n) is 8.95. The summed E-state index contributed by atoms with van der Waals surface area (Å²) < 4.78 is 4.12. The summed E-state index contributed by atoms with van der Waals surface area (Å²) >= 11 is 1.57. The summed E-state index contributed by atoms with van der Waals surface area (Å²) in [5, 5.41) is 10.5. The largest absolute Gasteiger partial charge is 0.465 e. The second-order valence-electron chi connectivity index (χ2n) is 14.2. The molecule has 7 nitrogen and oxygen atoms in total. The third kappa shape index (κ3) is 5.20. The molecule has 2 amide bonds. The number of hydrogen-bond acceptors (Lipinski definition) is 6. The summed E-state index contributed by atoms with van der Waals surface area (Å²) in [7, 11) is 0. The molecule has 0 saturated carbocycles. The van der Waals surface area contributed by atoms with Crippen molar-refractivity contribution in [2.45, 2.75) is 108 Å². The average molecular weight is 561 g/mol. The predicted molar refractivity (Wildman–Crippen MR) is 155 cm³/mol. The molecule has 4 rings (SSSR count). The number of carbonyl (C=O) groups excluding carboxylic acids is 3. The Kier molecular flexibility index (Phi) is 8.16. The molecule has 4 heterocycles. The Morgan fingerprint density at radius 2 is 1.74 bits per heavy atom. The predicted octanol–water partition coefficient (Wildman–Crippen LogP) is 4.59. The van der Waals surface area contributed by atoms with Crippen molar-refractivity contribution in [1.82, 2.24) is 9.80 Å². The molecule has 39 heavy (non-hydrogen) atoms. The summed E-state index contributed by atoms with van der Waals surface area (Å²) in [6.45, 7) is 17.2. The first kappa shape index (κ1) is 30.2. The van der Waals surface area contributed by atoms with Gasteiger partial charge < -0.3 is 19.6 Å². The minimum atomic E-state index is -0.945. The van der Waals surface area contributed by atoms with Crippen LogP contribution in [0.15, 0.2) is 24.3 Å². The number of thioether (sulfide) groups is 1. The number of cyclic esters (lactones) is 1. The van der Waals surface area contributed by atoms with Crippen molar-refractivity contribution in [3.63, 3.8) is 0 Å². The summed E-state index contributed by atoms with van der Waals surface area (Å²) in [6, 6.07) is -1.36. The lowest BCUT2D eigenvalue weighted by atomic mass is 9.74. The lowest BCUT2D eigenvalue weighted by Crippen LogP contribution is -2.61. The molecule has 0 aliphatic carbocycles. The molecule has 0 bridgehead atoms. The minimum absolute atomic E-state index is 0.0105. The SMILES string of the molecule is CC(C)[C@H](CO)N1C(=O)[C@@H]2[C@H]3C(=O)OCCCC/C=C\[C@@]3(C)S[C@@]23C=CCN(C(C)(C)CC(C)(C)C)C(=O)C13. The van der Waals surface area contributed by atoms with E-state index in [1.807, 2.05) is 37.8 Å². The van der Waals surface area contributed by atoms with E-state index in [1.165, 1.54) is 0 Å². The van der Waals surface area contributed by atoms with Crippen LogP contribution in [-0.2, 0) is 19.1 Å². The van der Waals surface area contributed by atoms with Crippen LogP contribution in [0.2, 0.25) is 0 Å². The Bertz CT molecular complexity index is 1050. The molecule has 2 fully saturated rings. The fourth-order valence-corrected chi connectivity index (χ4v) is 9.79. The van der Waals surface area contributed by atoms with Crippen molar-refractivity contribution in [3.05, 3.63) is 24.3 Å². The summed E-state index contributed by atoms with van der Waals surface area (Å²) in [5.74, 6) is -2.26. The molecule has 1 N–H and O–H groups in total. The van der Waals surface area contributed by atoms with Gasteiger partial charge in [-0.25, -0.2) is 0 Å². The van der Waals surface area contributed by atoms with Crippen molar-refractivity contribution in [2.75, 3.05) is 19.8 Å². The third-order valence-corrected chi connectivity index (χ3v) is 10.7. The number of nitrogens with zero attached hydrogens (tertiary/aromatic N) is 2. The van der Waals surface area contributed by atoms with Crippen LogP contribution in [0.3, 0.4) is 0 Å². The van der Waals surface area contributed by atoms with E-state index >= 15 is 0 Å². The minimum Gasteiger partial charge on any atom is -0.465 e. The molecular weight excluding hydrogens is 512 g/mol. The van der Waals surface area contributed by atoms with Gasteiger partial charge in [-0.05, 0) is 57.8 Å². The van der Waals surface area contributed by atoms with Gasteiger partial charge in [0.2, 0.25) is 11.8 Å². The first-order valence-corrected chi connectivity index (χ1v) is 15.4. The zero-order valence-corrected chi connectivity index (χ0v) is 25.8. The maximum atomic E-state index is 14.8. The van der Waals surface area contributed by atoms with Crippen LogP contribution in [0, 0.1) is 23.2 Å². The highest BCUT2D eigenvalue weighted by Crippen LogP contribution is 2.65. The number of likely N-dealkylation sites (tertiary alicyclic amines) is 1. The topological polar surface area (TPSA) is 87.2 Å². The van der Waals surface area contributed by atoms with Gasteiger partial charge in [-0.3, -0.25) is 14.4 Å². The van der Waals surface area contributed by atoms with E-state index in [4.69, 9.17) is 4.74 Å². The maximum Gasteiger partial charge on any atom is 0.311 e. The first-order chi connectivity index (χ1) is 18.1. The van der Waals surface area contributed by atoms with Crippen LogP contribution < -0.4 is 0 Å². The smallest absolute Gasteiger partial charge is 0.311 e. The van der Waals surface area contributed by atoms with Crippen molar-refractivity contribution in [2.24, 2.45) is 23.2 Å². The van der Waals surface area contributed by atoms with Gasteiger partial charge >= 0.3 is 5.97 Å². The number of aliphatic hydroxyl groups excluding tert-OH is 1. The maximum absolute atomic E-state index is 14.8. The van der Waals surface area contributed by atoms with Gasteiger partial charge in [0.1, 0.15) is 6.04 Å². The van der Waals surface area contributed by atoms with Gasteiger partial charge in [-0.15, -0.1) is 11.8 Å². The van der Waals surface area contributed by atoms with Gasteiger partial charge in [0.25, 0.3) is 0 Å². The number of ether oxygens (including phenoxy) is 1. The Hall–Kier alpha value is -1.80. The number of fused-ring (bicyclic) bond motifs is 2. The fourth-order valence-electron chi connectivity index (χ4n) is 7.65. The highest BCUT2D eigenvalue weighted by Gasteiger charge is 2.74. The van der Waals surface area contributed by atoms with Crippen LogP contribution in [0.1, 0.15) is 81.1 Å². The number of rotatable bonds is 5. The molecule has 2 saturated heterocycles. The molecular formula is C31H48N2O5S. The number of amides is 2. The number of allylic oxidation sites excluding steroid dienone is 1. The summed E-state index contributed by atoms with van der Waals surface area (Å²) in [4.78, 5) is 46.6. The Morgan fingerprint density at radius 1 is 1.05 bits per heavy atom. The molecule has 4 aliphatic heterocycles.